The zero-order chi connectivity index (χ0) is 23.0. The first-order valence-electron chi connectivity index (χ1n) is 10.6. The molecule has 0 spiro atoms. The second-order valence-electron chi connectivity index (χ2n) is 7.56. The van der Waals surface area contributed by atoms with Crippen molar-refractivity contribution in [2.24, 2.45) is 0 Å². The smallest absolute Gasteiger partial charge is 0.259 e. The maximum Gasteiger partial charge on any atom is 0.259 e. The topological polar surface area (TPSA) is 58.6 Å². The Morgan fingerprint density at radius 3 is 2.03 bits per heavy atom. The molecule has 4 aromatic carbocycles. The molecule has 0 aromatic heterocycles. The molecule has 4 rings (SSSR count). The lowest BCUT2D eigenvalue weighted by atomic mass is 10.1. The summed E-state index contributed by atoms with van der Waals surface area (Å²) in [7, 11) is 1.75. The number of benzene rings is 4. The van der Waals surface area contributed by atoms with Gasteiger partial charge in [-0.15, -0.1) is 0 Å². The Morgan fingerprint density at radius 2 is 1.30 bits per heavy atom. The molecule has 0 saturated carbocycles. The molecule has 0 heterocycles. The summed E-state index contributed by atoms with van der Waals surface area (Å²) in [5.41, 5.74) is 2.27. The maximum atomic E-state index is 13.1. The number of para-hydroxylation sites is 3. The van der Waals surface area contributed by atoms with Crippen molar-refractivity contribution in [1.82, 2.24) is 4.90 Å². The van der Waals surface area contributed by atoms with Gasteiger partial charge in [-0.1, -0.05) is 72.8 Å². The molecule has 0 aliphatic rings. The van der Waals surface area contributed by atoms with Gasteiger partial charge in [-0.05, 0) is 42.0 Å². The molecule has 2 amide bonds. The van der Waals surface area contributed by atoms with Gasteiger partial charge in [-0.3, -0.25) is 9.59 Å². The van der Waals surface area contributed by atoms with Gasteiger partial charge in [0.2, 0.25) is 0 Å². The van der Waals surface area contributed by atoms with Crippen molar-refractivity contribution in [1.29, 1.82) is 0 Å². The zero-order valence-electron chi connectivity index (χ0n) is 18.3. The Hall–Kier alpha value is -4.38. The largest absolute Gasteiger partial charge is 0.457 e. The van der Waals surface area contributed by atoms with E-state index in [1.807, 2.05) is 66.7 Å². The standard InChI is InChI=1S/C28H24N2O3/c1-30(20-21-12-4-2-5-13-21)28(32)23-16-8-10-18-25(23)29-27(31)24-17-9-11-19-26(24)33-22-14-6-3-7-15-22/h2-19H,20H2,1H3,(H,29,31). The van der Waals surface area contributed by atoms with Crippen LogP contribution in [0.1, 0.15) is 26.3 Å². The minimum atomic E-state index is -0.354. The van der Waals surface area contributed by atoms with Crippen molar-refractivity contribution >= 4 is 17.5 Å². The van der Waals surface area contributed by atoms with Crippen molar-refractivity contribution in [2.45, 2.75) is 6.54 Å². The van der Waals surface area contributed by atoms with Crippen LogP contribution in [0, 0.1) is 0 Å². The van der Waals surface area contributed by atoms with Gasteiger partial charge >= 0.3 is 0 Å². The van der Waals surface area contributed by atoms with E-state index >= 15 is 0 Å². The summed E-state index contributed by atoms with van der Waals surface area (Å²) in [5, 5.41) is 2.89. The van der Waals surface area contributed by atoms with Gasteiger partial charge in [0.1, 0.15) is 11.5 Å². The van der Waals surface area contributed by atoms with Gasteiger partial charge in [0, 0.05) is 13.6 Å². The number of ether oxygens (including phenoxy) is 1. The van der Waals surface area contributed by atoms with Crippen LogP contribution in [0.25, 0.3) is 0 Å². The van der Waals surface area contributed by atoms with Crippen molar-refractivity contribution in [3.63, 3.8) is 0 Å². The van der Waals surface area contributed by atoms with Crippen LogP contribution in [0.15, 0.2) is 109 Å². The minimum absolute atomic E-state index is 0.177. The first-order valence-corrected chi connectivity index (χ1v) is 10.6. The molecule has 0 radical (unpaired) electrons. The fourth-order valence-corrected chi connectivity index (χ4v) is 3.46. The number of nitrogens with zero attached hydrogens (tertiary/aromatic N) is 1. The van der Waals surface area contributed by atoms with Gasteiger partial charge in [0.15, 0.2) is 0 Å². The Bertz CT molecular complexity index is 1240. The molecule has 0 fully saturated rings. The van der Waals surface area contributed by atoms with E-state index in [9.17, 15) is 9.59 Å². The highest BCUT2D eigenvalue weighted by atomic mass is 16.5. The van der Waals surface area contributed by atoms with Crippen LogP contribution in [0.3, 0.4) is 0 Å². The summed E-state index contributed by atoms with van der Waals surface area (Å²) < 4.78 is 5.91. The first-order chi connectivity index (χ1) is 16.1. The fourth-order valence-electron chi connectivity index (χ4n) is 3.46. The molecule has 1 N–H and O–H groups in total. The summed E-state index contributed by atoms with van der Waals surface area (Å²) in [5.74, 6) is 0.540. The molecule has 5 heteroatoms. The lowest BCUT2D eigenvalue weighted by Crippen LogP contribution is -2.27. The van der Waals surface area contributed by atoms with Gasteiger partial charge in [-0.25, -0.2) is 0 Å². The van der Waals surface area contributed by atoms with Crippen LogP contribution in [-0.2, 0) is 6.54 Å². The third-order valence-electron chi connectivity index (χ3n) is 5.12. The summed E-state index contributed by atoms with van der Waals surface area (Å²) >= 11 is 0. The number of hydrogen-bond acceptors (Lipinski definition) is 3. The summed E-state index contributed by atoms with van der Waals surface area (Å²) in [6.07, 6.45) is 0. The van der Waals surface area contributed by atoms with E-state index in [-0.39, 0.29) is 11.8 Å². The van der Waals surface area contributed by atoms with Gasteiger partial charge in [0.05, 0.1) is 16.8 Å². The second-order valence-corrected chi connectivity index (χ2v) is 7.56. The molecule has 0 aliphatic heterocycles. The number of nitrogens with one attached hydrogen (secondary N) is 1. The number of hydrogen-bond donors (Lipinski definition) is 1. The highest BCUT2D eigenvalue weighted by Gasteiger charge is 2.19. The Balaban J connectivity index is 1.54. The molecule has 0 aliphatic carbocycles. The van der Waals surface area contributed by atoms with Crippen LogP contribution < -0.4 is 10.1 Å². The number of carbonyl (C=O) groups is 2. The molecule has 0 bridgehead atoms. The van der Waals surface area contributed by atoms with Crippen molar-refractivity contribution in [3.8, 4) is 11.5 Å². The predicted octanol–water partition coefficient (Wildman–Crippen LogP) is 6.00. The monoisotopic (exact) mass is 436 g/mol. The van der Waals surface area contributed by atoms with E-state index in [1.165, 1.54) is 0 Å². The summed E-state index contributed by atoms with van der Waals surface area (Å²) in [6.45, 7) is 0.468. The highest BCUT2D eigenvalue weighted by molar-refractivity contribution is 6.10. The third-order valence-corrected chi connectivity index (χ3v) is 5.12. The lowest BCUT2D eigenvalue weighted by Gasteiger charge is -2.19. The van der Waals surface area contributed by atoms with Crippen LogP contribution >= 0.6 is 0 Å². The molecule has 5 nitrogen and oxygen atoms in total. The summed E-state index contributed by atoms with van der Waals surface area (Å²) in [4.78, 5) is 27.9. The van der Waals surface area contributed by atoms with Crippen LogP contribution in [0.4, 0.5) is 5.69 Å². The SMILES string of the molecule is CN(Cc1ccccc1)C(=O)c1ccccc1NC(=O)c1ccccc1Oc1ccccc1. The molecule has 4 aromatic rings. The lowest BCUT2D eigenvalue weighted by molar-refractivity contribution is 0.0786. The average Bonchev–Trinajstić information content (AvgIpc) is 2.85. The van der Waals surface area contributed by atoms with Crippen LogP contribution in [0.2, 0.25) is 0 Å². The molecule has 0 atom stereocenters. The predicted molar refractivity (Wildman–Crippen MR) is 130 cm³/mol. The van der Waals surface area contributed by atoms with E-state index < -0.39 is 0 Å². The number of carbonyl (C=O) groups excluding carboxylic acids is 2. The maximum absolute atomic E-state index is 13.1. The molecule has 0 saturated heterocycles. The van der Waals surface area contributed by atoms with E-state index in [1.54, 1.807) is 54.4 Å². The van der Waals surface area contributed by atoms with Gasteiger partial charge in [0.25, 0.3) is 11.8 Å². The van der Waals surface area contributed by atoms with Crippen molar-refractivity contribution in [3.05, 3.63) is 126 Å². The second kappa shape index (κ2) is 10.3. The van der Waals surface area contributed by atoms with E-state index in [2.05, 4.69) is 5.32 Å². The highest BCUT2D eigenvalue weighted by Crippen LogP contribution is 2.27. The molecular weight excluding hydrogens is 412 g/mol. The normalized spacial score (nSPS) is 10.3. The first kappa shape index (κ1) is 21.8. The quantitative estimate of drug-likeness (QED) is 0.386. The van der Waals surface area contributed by atoms with Crippen molar-refractivity contribution in [2.75, 3.05) is 12.4 Å². The number of amides is 2. The van der Waals surface area contributed by atoms with Crippen molar-refractivity contribution < 1.29 is 14.3 Å². The Kier molecular flexibility index (Phi) is 6.81. The zero-order valence-corrected chi connectivity index (χ0v) is 18.3. The molecular formula is C28H24N2O3. The Morgan fingerprint density at radius 1 is 0.727 bits per heavy atom. The third kappa shape index (κ3) is 5.46. The minimum Gasteiger partial charge on any atom is -0.457 e. The van der Waals surface area contributed by atoms with Gasteiger partial charge in [-0.2, -0.15) is 0 Å². The van der Waals surface area contributed by atoms with Crippen LogP contribution in [-0.4, -0.2) is 23.8 Å². The molecule has 164 valence electrons. The summed E-state index contributed by atoms with van der Waals surface area (Å²) in [6, 6.07) is 33.1. The molecule has 33 heavy (non-hydrogen) atoms. The van der Waals surface area contributed by atoms with Gasteiger partial charge < -0.3 is 15.0 Å². The van der Waals surface area contributed by atoms with E-state index in [4.69, 9.17) is 4.74 Å². The Labute approximate surface area is 193 Å². The van der Waals surface area contributed by atoms with E-state index in [0.29, 0.717) is 34.9 Å². The van der Waals surface area contributed by atoms with E-state index in [0.717, 1.165) is 5.56 Å². The fraction of sp³-hybridized carbons (Fsp3) is 0.0714. The number of anilines is 1. The molecule has 0 unspecified atom stereocenters. The average molecular weight is 437 g/mol. The van der Waals surface area contributed by atoms with Crippen LogP contribution in [0.5, 0.6) is 11.5 Å². The number of rotatable bonds is 7.